The average molecular weight is 322 g/mol. The van der Waals surface area contributed by atoms with Gasteiger partial charge in [0.2, 0.25) is 0 Å². The van der Waals surface area contributed by atoms with Gasteiger partial charge in [-0.2, -0.15) is 13.2 Å². The van der Waals surface area contributed by atoms with Crippen molar-refractivity contribution in [2.75, 3.05) is 40.4 Å². The molecule has 1 atom stereocenters. The zero-order chi connectivity index (χ0) is 16.3. The summed E-state index contributed by atoms with van der Waals surface area (Å²) >= 11 is 0. The fourth-order valence-corrected chi connectivity index (χ4v) is 2.60. The highest BCUT2D eigenvalue weighted by Gasteiger charge is 2.46. The number of hydrogen-bond donors (Lipinski definition) is 1. The highest BCUT2D eigenvalue weighted by Crippen LogP contribution is 2.42. The third-order valence-corrected chi connectivity index (χ3v) is 3.62. The highest BCUT2D eigenvalue weighted by atomic mass is 19.4. The molecule has 0 saturated carbocycles. The van der Waals surface area contributed by atoms with E-state index in [0.29, 0.717) is 13.1 Å². The van der Waals surface area contributed by atoms with Gasteiger partial charge in [0.25, 0.3) is 0 Å². The maximum Gasteiger partial charge on any atom is 0.408 e. The Bertz CT molecular complexity index is 516. The molecule has 1 N–H and O–H groups in total. The van der Waals surface area contributed by atoms with Crippen LogP contribution in [0.4, 0.5) is 17.6 Å². The number of piperazine rings is 1. The number of alkyl halides is 3. The molecule has 1 aromatic rings. The molecule has 0 aliphatic carbocycles. The van der Waals surface area contributed by atoms with Gasteiger partial charge >= 0.3 is 6.18 Å². The van der Waals surface area contributed by atoms with Gasteiger partial charge in [0.05, 0.1) is 14.2 Å². The molecule has 1 fully saturated rings. The molecule has 0 radical (unpaired) electrons. The maximum atomic E-state index is 14.2. The van der Waals surface area contributed by atoms with Crippen LogP contribution in [0, 0.1) is 5.82 Å². The molecule has 0 spiro atoms. The Morgan fingerprint density at radius 2 is 1.64 bits per heavy atom. The van der Waals surface area contributed by atoms with E-state index in [1.54, 1.807) is 0 Å². The predicted octanol–water partition coefficient (Wildman–Crippen LogP) is 2.35. The average Bonchev–Trinajstić information content (AvgIpc) is 2.48. The fraction of sp³-hybridized carbons (Fsp3) is 0.571. The van der Waals surface area contributed by atoms with Crippen LogP contribution in [0.3, 0.4) is 0 Å². The van der Waals surface area contributed by atoms with Crippen LogP contribution >= 0.6 is 0 Å². The Morgan fingerprint density at radius 3 is 2.14 bits per heavy atom. The van der Waals surface area contributed by atoms with Crippen molar-refractivity contribution in [1.82, 2.24) is 10.2 Å². The molecule has 1 aromatic carbocycles. The van der Waals surface area contributed by atoms with Crippen molar-refractivity contribution in [2.24, 2.45) is 0 Å². The predicted molar refractivity (Wildman–Crippen MR) is 72.7 cm³/mol. The van der Waals surface area contributed by atoms with Crippen molar-refractivity contribution >= 4 is 0 Å². The standard InChI is InChI=1S/C14H18F4N2O2/c1-21-11-7-9(10(15)8-12(11)22-2)13(14(16,17)18)20-5-3-19-4-6-20/h7-8,13,19H,3-6H2,1-2H3/t13-/m0/s1. The van der Waals surface area contributed by atoms with Crippen LogP contribution < -0.4 is 14.8 Å². The zero-order valence-corrected chi connectivity index (χ0v) is 12.3. The maximum absolute atomic E-state index is 14.2. The van der Waals surface area contributed by atoms with E-state index in [0.717, 1.165) is 12.1 Å². The van der Waals surface area contributed by atoms with Crippen molar-refractivity contribution in [2.45, 2.75) is 12.2 Å². The molecule has 22 heavy (non-hydrogen) atoms. The summed E-state index contributed by atoms with van der Waals surface area (Å²) in [4.78, 5) is 1.22. The largest absolute Gasteiger partial charge is 0.493 e. The molecule has 0 unspecified atom stereocenters. The molecule has 0 amide bonds. The normalized spacial score (nSPS) is 18.1. The van der Waals surface area contributed by atoms with Crippen molar-refractivity contribution in [3.63, 3.8) is 0 Å². The summed E-state index contributed by atoms with van der Waals surface area (Å²) in [7, 11) is 2.60. The van der Waals surface area contributed by atoms with E-state index in [1.807, 2.05) is 0 Å². The molecule has 124 valence electrons. The molecule has 1 saturated heterocycles. The first-order valence-electron chi connectivity index (χ1n) is 6.81. The van der Waals surface area contributed by atoms with E-state index in [9.17, 15) is 17.6 Å². The Balaban J connectivity index is 2.47. The van der Waals surface area contributed by atoms with Gasteiger partial charge in [-0.15, -0.1) is 0 Å². The molecule has 1 heterocycles. The van der Waals surface area contributed by atoms with Crippen molar-refractivity contribution in [3.05, 3.63) is 23.5 Å². The highest BCUT2D eigenvalue weighted by molar-refractivity contribution is 5.45. The van der Waals surface area contributed by atoms with Crippen molar-refractivity contribution in [3.8, 4) is 11.5 Å². The molecule has 1 aliphatic rings. The number of rotatable bonds is 4. The second kappa shape index (κ2) is 6.70. The summed E-state index contributed by atoms with van der Waals surface area (Å²) in [5.74, 6) is -0.827. The summed E-state index contributed by atoms with van der Waals surface area (Å²) < 4.78 is 64.6. The van der Waals surface area contributed by atoms with E-state index in [1.165, 1.54) is 19.1 Å². The third kappa shape index (κ3) is 3.44. The van der Waals surface area contributed by atoms with E-state index in [2.05, 4.69) is 5.32 Å². The lowest BCUT2D eigenvalue weighted by molar-refractivity contribution is -0.188. The topological polar surface area (TPSA) is 33.7 Å². The minimum atomic E-state index is -4.59. The molecule has 0 aromatic heterocycles. The first-order valence-corrected chi connectivity index (χ1v) is 6.81. The van der Waals surface area contributed by atoms with Crippen LogP contribution in [-0.4, -0.2) is 51.5 Å². The van der Waals surface area contributed by atoms with Gasteiger partial charge in [-0.3, -0.25) is 4.90 Å². The SMILES string of the molecule is COc1cc(F)c([C@H](N2CCNCC2)C(F)(F)F)cc1OC. The fourth-order valence-electron chi connectivity index (χ4n) is 2.60. The van der Waals surface area contributed by atoms with E-state index < -0.39 is 23.6 Å². The molecule has 0 bridgehead atoms. The quantitative estimate of drug-likeness (QED) is 0.863. The summed E-state index contributed by atoms with van der Waals surface area (Å²) in [6.07, 6.45) is -4.59. The molecular weight excluding hydrogens is 304 g/mol. The number of nitrogens with one attached hydrogen (secondary N) is 1. The molecule has 1 aliphatic heterocycles. The van der Waals surface area contributed by atoms with E-state index in [-0.39, 0.29) is 24.6 Å². The zero-order valence-electron chi connectivity index (χ0n) is 12.3. The minimum Gasteiger partial charge on any atom is -0.493 e. The monoisotopic (exact) mass is 322 g/mol. The first kappa shape index (κ1) is 16.8. The van der Waals surface area contributed by atoms with Crippen LogP contribution in [0.25, 0.3) is 0 Å². The second-order valence-corrected chi connectivity index (χ2v) is 4.96. The third-order valence-electron chi connectivity index (χ3n) is 3.62. The van der Waals surface area contributed by atoms with Gasteiger partial charge < -0.3 is 14.8 Å². The number of hydrogen-bond acceptors (Lipinski definition) is 4. The Labute approximate surface area is 126 Å². The number of methoxy groups -OCH3 is 2. The van der Waals surface area contributed by atoms with E-state index >= 15 is 0 Å². The van der Waals surface area contributed by atoms with Gasteiger partial charge in [-0.1, -0.05) is 0 Å². The lowest BCUT2D eigenvalue weighted by Gasteiger charge is -2.36. The lowest BCUT2D eigenvalue weighted by Crippen LogP contribution is -2.49. The van der Waals surface area contributed by atoms with Gasteiger partial charge in [0, 0.05) is 37.8 Å². The number of halogens is 4. The number of nitrogens with zero attached hydrogens (tertiary/aromatic N) is 1. The number of ether oxygens (including phenoxy) is 2. The Hall–Kier alpha value is -1.54. The molecule has 2 rings (SSSR count). The van der Waals surface area contributed by atoms with Crippen LogP contribution in [0.5, 0.6) is 11.5 Å². The minimum absolute atomic E-state index is 0.0602. The Kier molecular flexibility index (Phi) is 5.12. The van der Waals surface area contributed by atoms with Gasteiger partial charge in [0.15, 0.2) is 11.5 Å². The molecule has 4 nitrogen and oxygen atoms in total. The van der Waals surface area contributed by atoms with Gasteiger partial charge in [-0.25, -0.2) is 4.39 Å². The number of benzene rings is 1. The van der Waals surface area contributed by atoms with Gasteiger partial charge in [0.1, 0.15) is 11.9 Å². The smallest absolute Gasteiger partial charge is 0.408 e. The van der Waals surface area contributed by atoms with Crippen LogP contribution in [0.1, 0.15) is 11.6 Å². The summed E-state index contributed by atoms with van der Waals surface area (Å²) in [6, 6.07) is -0.0156. The van der Waals surface area contributed by atoms with Gasteiger partial charge in [-0.05, 0) is 6.07 Å². The van der Waals surface area contributed by atoms with Crippen LogP contribution in [0.15, 0.2) is 12.1 Å². The van der Waals surface area contributed by atoms with Crippen LogP contribution in [-0.2, 0) is 0 Å². The summed E-state index contributed by atoms with van der Waals surface area (Å²) in [5, 5.41) is 2.98. The lowest BCUT2D eigenvalue weighted by atomic mass is 10.0. The summed E-state index contributed by atoms with van der Waals surface area (Å²) in [5.41, 5.74) is -0.452. The molecular formula is C14H18F4N2O2. The summed E-state index contributed by atoms with van der Waals surface area (Å²) in [6.45, 7) is 1.25. The second-order valence-electron chi connectivity index (χ2n) is 4.96. The van der Waals surface area contributed by atoms with E-state index in [4.69, 9.17) is 9.47 Å². The van der Waals surface area contributed by atoms with Crippen LogP contribution in [0.2, 0.25) is 0 Å². The Morgan fingerprint density at radius 1 is 1.09 bits per heavy atom. The van der Waals surface area contributed by atoms with Crippen molar-refractivity contribution in [1.29, 1.82) is 0 Å². The first-order chi connectivity index (χ1) is 10.4. The van der Waals surface area contributed by atoms with Crippen molar-refractivity contribution < 1.29 is 27.0 Å². The molecule has 8 heteroatoms.